The number of aryl methyl sites for hydroxylation is 1. The van der Waals surface area contributed by atoms with Crippen LogP contribution in [0.1, 0.15) is 22.7 Å². The summed E-state index contributed by atoms with van der Waals surface area (Å²) in [5, 5.41) is 3.26. The second-order valence-electron chi connectivity index (χ2n) is 4.99. The Kier molecular flexibility index (Phi) is 5.37. The van der Waals surface area contributed by atoms with Crippen molar-refractivity contribution in [3.05, 3.63) is 63.4 Å². The number of hydrogen-bond acceptors (Lipinski definition) is 2. The molecule has 1 N–H and O–H groups in total. The number of nitrogens with one attached hydrogen (secondary N) is 1. The van der Waals surface area contributed by atoms with Crippen LogP contribution in [0, 0.1) is 12.7 Å². The van der Waals surface area contributed by atoms with Crippen LogP contribution in [0.5, 0.6) is 5.75 Å². The highest BCUT2D eigenvalue weighted by Gasteiger charge is 2.15. The molecule has 0 heterocycles. The van der Waals surface area contributed by atoms with Crippen molar-refractivity contribution >= 4 is 15.9 Å². The average molecular weight is 352 g/mol. The first-order chi connectivity index (χ1) is 10.1. The maximum absolute atomic E-state index is 14.3. The van der Waals surface area contributed by atoms with Gasteiger partial charge in [-0.05, 0) is 49.2 Å². The first-order valence-corrected chi connectivity index (χ1v) is 7.60. The van der Waals surface area contributed by atoms with Crippen LogP contribution in [0.25, 0.3) is 0 Å². The van der Waals surface area contributed by atoms with E-state index in [1.165, 1.54) is 12.7 Å². The third kappa shape index (κ3) is 3.63. The summed E-state index contributed by atoms with van der Waals surface area (Å²) in [6, 6.07) is 11.5. The molecule has 0 aliphatic heterocycles. The first kappa shape index (κ1) is 16.0. The Balaban J connectivity index is 2.29. The molecule has 0 aliphatic rings. The fourth-order valence-electron chi connectivity index (χ4n) is 2.36. The topological polar surface area (TPSA) is 21.3 Å². The van der Waals surface area contributed by atoms with Gasteiger partial charge in [0.05, 0.1) is 7.11 Å². The average Bonchev–Trinajstić information content (AvgIpc) is 2.49. The predicted octanol–water partition coefficient (Wildman–Crippen LogP) is 4.41. The lowest BCUT2D eigenvalue weighted by molar-refractivity contribution is 0.383. The Morgan fingerprint density at radius 1 is 1.29 bits per heavy atom. The van der Waals surface area contributed by atoms with E-state index in [2.05, 4.69) is 33.4 Å². The zero-order chi connectivity index (χ0) is 15.4. The summed E-state index contributed by atoms with van der Waals surface area (Å²) < 4.78 is 20.4. The van der Waals surface area contributed by atoms with Crippen LogP contribution in [0.2, 0.25) is 0 Å². The standard InChI is InChI=1S/C17H19BrFNO/c1-11-9-12(7-8-14(11)18)15(20-2)10-13-5-4-6-16(21-3)17(13)19/h4-9,15,20H,10H2,1-3H3. The van der Waals surface area contributed by atoms with Gasteiger partial charge in [-0.1, -0.05) is 40.2 Å². The molecule has 0 aromatic heterocycles. The van der Waals surface area contributed by atoms with Gasteiger partial charge in [0, 0.05) is 10.5 Å². The maximum Gasteiger partial charge on any atom is 0.168 e. The lowest BCUT2D eigenvalue weighted by Crippen LogP contribution is -2.19. The van der Waals surface area contributed by atoms with Crippen LogP contribution in [0.15, 0.2) is 40.9 Å². The van der Waals surface area contributed by atoms with Crippen molar-refractivity contribution in [3.8, 4) is 5.75 Å². The number of rotatable bonds is 5. The van der Waals surface area contributed by atoms with E-state index in [0.29, 0.717) is 12.0 Å². The van der Waals surface area contributed by atoms with Crippen molar-refractivity contribution in [3.63, 3.8) is 0 Å². The van der Waals surface area contributed by atoms with Gasteiger partial charge in [-0.15, -0.1) is 0 Å². The molecule has 2 aromatic rings. The number of likely N-dealkylation sites (N-methyl/N-ethyl adjacent to an activating group) is 1. The molecule has 0 radical (unpaired) electrons. The summed E-state index contributed by atoms with van der Waals surface area (Å²) in [5.74, 6) is 0.00317. The molecule has 1 unspecified atom stereocenters. The minimum absolute atomic E-state index is 0.0541. The zero-order valence-corrected chi connectivity index (χ0v) is 14.0. The molecule has 0 fully saturated rings. The highest BCUT2D eigenvalue weighted by Crippen LogP contribution is 2.27. The number of benzene rings is 2. The third-order valence-corrected chi connectivity index (χ3v) is 4.51. The normalized spacial score (nSPS) is 12.2. The Labute approximate surface area is 133 Å². The summed E-state index contributed by atoms with van der Waals surface area (Å²) in [7, 11) is 3.37. The van der Waals surface area contributed by atoms with Crippen molar-refractivity contribution in [1.29, 1.82) is 0 Å². The van der Waals surface area contributed by atoms with Gasteiger partial charge < -0.3 is 10.1 Å². The van der Waals surface area contributed by atoms with Gasteiger partial charge in [-0.25, -0.2) is 4.39 Å². The van der Waals surface area contributed by atoms with Crippen molar-refractivity contribution in [1.82, 2.24) is 5.32 Å². The van der Waals surface area contributed by atoms with E-state index in [1.54, 1.807) is 12.1 Å². The largest absolute Gasteiger partial charge is 0.494 e. The van der Waals surface area contributed by atoms with Crippen molar-refractivity contribution in [2.45, 2.75) is 19.4 Å². The molecular formula is C17H19BrFNO. The van der Waals surface area contributed by atoms with E-state index in [1.807, 2.05) is 26.1 Å². The Morgan fingerprint density at radius 2 is 2.05 bits per heavy atom. The van der Waals surface area contributed by atoms with E-state index in [9.17, 15) is 4.39 Å². The molecule has 21 heavy (non-hydrogen) atoms. The highest BCUT2D eigenvalue weighted by molar-refractivity contribution is 9.10. The quantitative estimate of drug-likeness (QED) is 0.861. The fourth-order valence-corrected chi connectivity index (χ4v) is 2.61. The van der Waals surface area contributed by atoms with E-state index in [-0.39, 0.29) is 17.6 Å². The van der Waals surface area contributed by atoms with Crippen molar-refractivity contribution in [2.24, 2.45) is 0 Å². The van der Waals surface area contributed by atoms with Crippen LogP contribution in [0.3, 0.4) is 0 Å². The lowest BCUT2D eigenvalue weighted by Gasteiger charge is -2.18. The summed E-state index contributed by atoms with van der Waals surface area (Å²) in [6.07, 6.45) is 0.570. The minimum atomic E-state index is -0.283. The summed E-state index contributed by atoms with van der Waals surface area (Å²) in [5.41, 5.74) is 2.95. The van der Waals surface area contributed by atoms with E-state index in [4.69, 9.17) is 4.74 Å². The first-order valence-electron chi connectivity index (χ1n) is 6.81. The van der Waals surface area contributed by atoms with E-state index < -0.39 is 0 Å². The number of methoxy groups -OCH3 is 1. The minimum Gasteiger partial charge on any atom is -0.494 e. The summed E-state index contributed by atoms with van der Waals surface area (Å²) in [6.45, 7) is 2.05. The van der Waals surface area contributed by atoms with Crippen LogP contribution in [-0.4, -0.2) is 14.2 Å². The smallest absolute Gasteiger partial charge is 0.168 e. The monoisotopic (exact) mass is 351 g/mol. The number of hydrogen-bond donors (Lipinski definition) is 1. The van der Waals surface area contributed by atoms with Gasteiger partial charge >= 0.3 is 0 Å². The van der Waals surface area contributed by atoms with Crippen molar-refractivity contribution in [2.75, 3.05) is 14.2 Å². The Morgan fingerprint density at radius 3 is 2.67 bits per heavy atom. The van der Waals surface area contributed by atoms with Gasteiger partial charge in [0.2, 0.25) is 0 Å². The highest BCUT2D eigenvalue weighted by atomic mass is 79.9. The molecule has 0 saturated heterocycles. The molecule has 0 saturated carbocycles. The van der Waals surface area contributed by atoms with Crippen LogP contribution in [-0.2, 0) is 6.42 Å². The van der Waals surface area contributed by atoms with Crippen LogP contribution >= 0.6 is 15.9 Å². The van der Waals surface area contributed by atoms with Gasteiger partial charge in [0.1, 0.15) is 0 Å². The molecule has 1 atom stereocenters. The van der Waals surface area contributed by atoms with Gasteiger partial charge in [0.15, 0.2) is 11.6 Å². The van der Waals surface area contributed by atoms with Gasteiger partial charge in [-0.2, -0.15) is 0 Å². The molecule has 2 aromatic carbocycles. The predicted molar refractivity (Wildman–Crippen MR) is 87.3 cm³/mol. The zero-order valence-electron chi connectivity index (χ0n) is 12.4. The summed E-state index contributed by atoms with van der Waals surface area (Å²) >= 11 is 3.50. The molecule has 0 aliphatic carbocycles. The lowest BCUT2D eigenvalue weighted by atomic mass is 9.97. The molecule has 0 amide bonds. The van der Waals surface area contributed by atoms with Gasteiger partial charge in [0.25, 0.3) is 0 Å². The van der Waals surface area contributed by atoms with E-state index >= 15 is 0 Å². The fraction of sp³-hybridized carbons (Fsp3) is 0.294. The Hall–Kier alpha value is -1.39. The molecule has 4 heteroatoms. The Bertz CT molecular complexity index is 630. The summed E-state index contributed by atoms with van der Waals surface area (Å²) in [4.78, 5) is 0. The molecule has 112 valence electrons. The van der Waals surface area contributed by atoms with Crippen LogP contribution < -0.4 is 10.1 Å². The second kappa shape index (κ2) is 7.05. The second-order valence-corrected chi connectivity index (χ2v) is 5.84. The number of ether oxygens (including phenoxy) is 1. The SMILES string of the molecule is CNC(Cc1cccc(OC)c1F)c1ccc(Br)c(C)c1. The van der Waals surface area contributed by atoms with Crippen LogP contribution in [0.4, 0.5) is 4.39 Å². The van der Waals surface area contributed by atoms with Gasteiger partial charge in [-0.3, -0.25) is 0 Å². The molecule has 2 nitrogen and oxygen atoms in total. The maximum atomic E-state index is 14.3. The molecule has 0 spiro atoms. The van der Waals surface area contributed by atoms with E-state index in [0.717, 1.165) is 10.0 Å². The number of halogens is 2. The third-order valence-electron chi connectivity index (χ3n) is 3.62. The van der Waals surface area contributed by atoms with Crippen molar-refractivity contribution < 1.29 is 9.13 Å². The molecule has 0 bridgehead atoms. The molecular weight excluding hydrogens is 333 g/mol. The molecule has 2 rings (SSSR count).